The summed E-state index contributed by atoms with van der Waals surface area (Å²) in [5.41, 5.74) is 6.27. The molecule has 0 saturated heterocycles. The first-order valence-corrected chi connectivity index (χ1v) is 6.20. The van der Waals surface area contributed by atoms with E-state index in [1.54, 1.807) is 0 Å². The number of phenolic OH excluding ortho intramolecular Hbond substituents is 1. The second-order valence-electron chi connectivity index (χ2n) is 4.55. The van der Waals surface area contributed by atoms with E-state index >= 15 is 0 Å². The van der Waals surface area contributed by atoms with Crippen molar-refractivity contribution < 1.29 is 10.2 Å². The molecule has 0 fully saturated rings. The van der Waals surface area contributed by atoms with Gasteiger partial charge in [0.2, 0.25) is 0 Å². The lowest BCUT2D eigenvalue weighted by Gasteiger charge is -2.22. The topological polar surface area (TPSA) is 66.5 Å². The van der Waals surface area contributed by atoms with Crippen LogP contribution in [0.3, 0.4) is 0 Å². The molecule has 0 heterocycles. The molecule has 1 aromatic rings. The van der Waals surface area contributed by atoms with Crippen molar-refractivity contribution in [3.63, 3.8) is 0 Å². The van der Waals surface area contributed by atoms with Crippen LogP contribution in [0, 0.1) is 5.92 Å². The Morgan fingerprint density at radius 3 is 2.41 bits per heavy atom. The summed E-state index contributed by atoms with van der Waals surface area (Å²) in [6.45, 7) is 3.97. The van der Waals surface area contributed by atoms with Crippen LogP contribution in [0.1, 0.15) is 31.9 Å². The van der Waals surface area contributed by atoms with Gasteiger partial charge in [0.05, 0.1) is 17.2 Å². The molecule has 4 N–H and O–H groups in total. The predicted octanol–water partition coefficient (Wildman–Crippen LogP) is 3.11. The Labute approximate surface area is 111 Å². The summed E-state index contributed by atoms with van der Waals surface area (Å²) in [5.74, 6) is 0.194. The maximum atomic E-state index is 9.93. The van der Waals surface area contributed by atoms with E-state index in [0.29, 0.717) is 22.9 Å². The van der Waals surface area contributed by atoms with Gasteiger partial charge >= 0.3 is 0 Å². The molecular weight excluding hydrogens is 261 g/mol. The monoisotopic (exact) mass is 277 g/mol. The second-order valence-corrected chi connectivity index (χ2v) is 5.39. The Morgan fingerprint density at radius 2 is 1.88 bits per heavy atom. The fourth-order valence-corrected chi connectivity index (χ4v) is 2.19. The fraction of sp³-hybridized carbons (Fsp3) is 0.500. The van der Waals surface area contributed by atoms with E-state index in [-0.39, 0.29) is 10.8 Å². The van der Waals surface area contributed by atoms with Crippen molar-refractivity contribution in [3.8, 4) is 5.75 Å². The standard InChI is InChI=1S/C12H17Cl2NO2/c1-6(2)3-10(16)11(15)8-4-7(13)5-9(14)12(8)17/h4-6,10-11,16-17H,3,15H2,1-2H3/t10-,11+/m0/s1. The lowest BCUT2D eigenvalue weighted by Crippen LogP contribution is -2.27. The van der Waals surface area contributed by atoms with E-state index < -0.39 is 12.1 Å². The van der Waals surface area contributed by atoms with Crippen molar-refractivity contribution in [2.45, 2.75) is 32.4 Å². The van der Waals surface area contributed by atoms with E-state index in [1.807, 2.05) is 13.8 Å². The van der Waals surface area contributed by atoms with Crippen LogP contribution in [0.4, 0.5) is 0 Å². The summed E-state index contributed by atoms with van der Waals surface area (Å²) in [4.78, 5) is 0. The Balaban J connectivity index is 2.99. The van der Waals surface area contributed by atoms with Crippen LogP contribution >= 0.6 is 23.2 Å². The quantitative estimate of drug-likeness (QED) is 0.792. The molecule has 0 amide bonds. The highest BCUT2D eigenvalue weighted by Gasteiger charge is 2.22. The third-order valence-corrected chi connectivity index (χ3v) is 3.05. The van der Waals surface area contributed by atoms with Crippen molar-refractivity contribution >= 4 is 23.2 Å². The van der Waals surface area contributed by atoms with Gasteiger partial charge < -0.3 is 15.9 Å². The van der Waals surface area contributed by atoms with Gasteiger partial charge in [0.25, 0.3) is 0 Å². The predicted molar refractivity (Wildman–Crippen MR) is 70.5 cm³/mol. The van der Waals surface area contributed by atoms with Crippen LogP contribution in [0.25, 0.3) is 0 Å². The number of benzene rings is 1. The number of hydrogen-bond donors (Lipinski definition) is 3. The first-order chi connectivity index (χ1) is 7.82. The van der Waals surface area contributed by atoms with Gasteiger partial charge in [-0.1, -0.05) is 37.0 Å². The summed E-state index contributed by atoms with van der Waals surface area (Å²) in [6, 6.07) is 2.26. The first kappa shape index (κ1) is 14.6. The minimum atomic E-state index is -0.740. The van der Waals surface area contributed by atoms with Crippen LogP contribution in [-0.4, -0.2) is 16.3 Å². The molecule has 0 bridgehead atoms. The summed E-state index contributed by atoms with van der Waals surface area (Å²) >= 11 is 11.6. The number of halogens is 2. The van der Waals surface area contributed by atoms with Gasteiger partial charge in [-0.3, -0.25) is 0 Å². The second kappa shape index (κ2) is 5.91. The molecule has 0 radical (unpaired) electrons. The molecule has 0 unspecified atom stereocenters. The molecule has 0 aliphatic rings. The molecule has 1 rings (SSSR count). The van der Waals surface area contributed by atoms with Gasteiger partial charge in [0.15, 0.2) is 0 Å². The molecule has 0 aliphatic carbocycles. The van der Waals surface area contributed by atoms with Gasteiger partial charge in [-0.25, -0.2) is 0 Å². The highest BCUT2D eigenvalue weighted by molar-refractivity contribution is 6.35. The summed E-state index contributed by atoms with van der Waals surface area (Å²) in [6.07, 6.45) is -0.194. The molecule has 3 nitrogen and oxygen atoms in total. The van der Waals surface area contributed by atoms with Gasteiger partial charge in [0, 0.05) is 10.6 Å². The lowest BCUT2D eigenvalue weighted by atomic mass is 9.95. The van der Waals surface area contributed by atoms with E-state index in [2.05, 4.69) is 0 Å². The van der Waals surface area contributed by atoms with E-state index in [0.717, 1.165) is 0 Å². The molecule has 0 aliphatic heterocycles. The van der Waals surface area contributed by atoms with Gasteiger partial charge in [-0.05, 0) is 24.5 Å². The number of phenols is 1. The Hall–Kier alpha value is -0.480. The van der Waals surface area contributed by atoms with E-state index in [4.69, 9.17) is 28.9 Å². The number of rotatable bonds is 4. The summed E-state index contributed by atoms with van der Waals surface area (Å²) in [5, 5.41) is 20.2. The average molecular weight is 278 g/mol. The number of aromatic hydroxyl groups is 1. The Bertz CT molecular complexity index is 396. The zero-order valence-corrected chi connectivity index (χ0v) is 11.3. The summed E-state index contributed by atoms with van der Waals surface area (Å²) in [7, 11) is 0. The minimum Gasteiger partial charge on any atom is -0.506 e. The normalized spacial score (nSPS) is 15.0. The number of hydrogen-bond acceptors (Lipinski definition) is 3. The molecule has 0 aromatic heterocycles. The molecule has 5 heteroatoms. The van der Waals surface area contributed by atoms with Crippen molar-refractivity contribution in [3.05, 3.63) is 27.7 Å². The van der Waals surface area contributed by atoms with Gasteiger partial charge in [0.1, 0.15) is 5.75 Å². The highest BCUT2D eigenvalue weighted by Crippen LogP contribution is 2.35. The van der Waals surface area contributed by atoms with Gasteiger partial charge in [-0.2, -0.15) is 0 Å². The smallest absolute Gasteiger partial charge is 0.139 e. The van der Waals surface area contributed by atoms with E-state index in [9.17, 15) is 10.2 Å². The third kappa shape index (κ3) is 3.75. The third-order valence-electron chi connectivity index (χ3n) is 2.54. The summed E-state index contributed by atoms with van der Waals surface area (Å²) < 4.78 is 0. The van der Waals surface area contributed by atoms with Crippen molar-refractivity contribution in [1.29, 1.82) is 0 Å². The van der Waals surface area contributed by atoms with Crippen LogP contribution < -0.4 is 5.73 Å². The van der Waals surface area contributed by atoms with Crippen LogP contribution in [0.5, 0.6) is 5.75 Å². The average Bonchev–Trinajstić information content (AvgIpc) is 2.21. The highest BCUT2D eigenvalue weighted by atomic mass is 35.5. The van der Waals surface area contributed by atoms with Crippen LogP contribution in [0.15, 0.2) is 12.1 Å². The molecule has 96 valence electrons. The Kier molecular flexibility index (Phi) is 5.07. The lowest BCUT2D eigenvalue weighted by molar-refractivity contribution is 0.120. The van der Waals surface area contributed by atoms with Crippen molar-refractivity contribution in [1.82, 2.24) is 0 Å². The SMILES string of the molecule is CC(C)C[C@H](O)[C@H](N)c1cc(Cl)cc(Cl)c1O. The fourth-order valence-electron chi connectivity index (χ4n) is 1.68. The van der Waals surface area contributed by atoms with E-state index in [1.165, 1.54) is 12.1 Å². The number of aliphatic hydroxyl groups excluding tert-OH is 1. The number of aliphatic hydroxyl groups is 1. The number of nitrogens with two attached hydrogens (primary N) is 1. The minimum absolute atomic E-state index is 0.119. The van der Waals surface area contributed by atoms with Crippen LogP contribution in [0.2, 0.25) is 10.0 Å². The molecular formula is C12H17Cl2NO2. The molecule has 1 aromatic carbocycles. The van der Waals surface area contributed by atoms with Crippen molar-refractivity contribution in [2.24, 2.45) is 11.7 Å². The Morgan fingerprint density at radius 1 is 1.29 bits per heavy atom. The molecule has 17 heavy (non-hydrogen) atoms. The molecule has 2 atom stereocenters. The van der Waals surface area contributed by atoms with Crippen molar-refractivity contribution in [2.75, 3.05) is 0 Å². The zero-order chi connectivity index (χ0) is 13.2. The zero-order valence-electron chi connectivity index (χ0n) is 9.82. The maximum Gasteiger partial charge on any atom is 0.139 e. The molecule has 0 spiro atoms. The van der Waals surface area contributed by atoms with Crippen LogP contribution in [-0.2, 0) is 0 Å². The maximum absolute atomic E-state index is 9.93. The largest absolute Gasteiger partial charge is 0.506 e. The molecule has 0 saturated carbocycles. The van der Waals surface area contributed by atoms with Gasteiger partial charge in [-0.15, -0.1) is 0 Å². The first-order valence-electron chi connectivity index (χ1n) is 5.44.